The summed E-state index contributed by atoms with van der Waals surface area (Å²) in [6.45, 7) is 1.83. The van der Waals surface area contributed by atoms with Gasteiger partial charge in [-0.1, -0.05) is 23.8 Å². The second kappa shape index (κ2) is 5.81. The normalized spacial score (nSPS) is 11.1. The van der Waals surface area contributed by atoms with Gasteiger partial charge in [0, 0.05) is 6.20 Å². The van der Waals surface area contributed by atoms with E-state index in [4.69, 9.17) is 0 Å². The van der Waals surface area contributed by atoms with Crippen LogP contribution in [0.5, 0.6) is 0 Å². The van der Waals surface area contributed by atoms with Crippen molar-refractivity contribution in [3.8, 4) is 0 Å². The lowest BCUT2D eigenvalue weighted by atomic mass is 10.2. The predicted octanol–water partition coefficient (Wildman–Crippen LogP) is 1.44. The van der Waals surface area contributed by atoms with Crippen molar-refractivity contribution in [2.75, 3.05) is 0 Å². The Morgan fingerprint density at radius 2 is 1.85 bits per heavy atom. The van der Waals surface area contributed by atoms with Gasteiger partial charge in [-0.25, -0.2) is 5.48 Å². The summed E-state index contributed by atoms with van der Waals surface area (Å²) >= 11 is 0. The van der Waals surface area contributed by atoms with Gasteiger partial charge >= 0.3 is 10.1 Å². The SMILES string of the molecule is Cc1ccc(S(=O)(=O)ONC(=O)c2ccccn2)cc1. The zero-order chi connectivity index (χ0) is 14.6. The summed E-state index contributed by atoms with van der Waals surface area (Å²) < 4.78 is 28.1. The molecule has 1 aromatic heterocycles. The topological polar surface area (TPSA) is 85.4 Å². The molecule has 1 aromatic carbocycles. The Balaban J connectivity index is 2.06. The molecule has 0 spiro atoms. The Morgan fingerprint density at radius 3 is 2.45 bits per heavy atom. The number of hydrogen-bond acceptors (Lipinski definition) is 5. The molecule has 0 aliphatic rings. The molecule has 0 radical (unpaired) electrons. The Kier molecular flexibility index (Phi) is 4.11. The minimum Gasteiger partial charge on any atom is -0.265 e. The van der Waals surface area contributed by atoms with Crippen LogP contribution >= 0.6 is 0 Å². The maximum Gasteiger partial charge on any atom is 0.317 e. The molecule has 0 atom stereocenters. The van der Waals surface area contributed by atoms with Gasteiger partial charge in [-0.05, 0) is 31.2 Å². The van der Waals surface area contributed by atoms with Crippen LogP contribution in [0.25, 0.3) is 0 Å². The second-order valence-corrected chi connectivity index (χ2v) is 5.54. The Labute approximate surface area is 116 Å². The van der Waals surface area contributed by atoms with E-state index in [0.717, 1.165) is 5.56 Å². The number of aromatic nitrogens is 1. The first-order valence-electron chi connectivity index (χ1n) is 5.70. The first-order chi connectivity index (χ1) is 9.49. The van der Waals surface area contributed by atoms with Gasteiger partial charge in [-0.15, -0.1) is 4.28 Å². The molecular weight excluding hydrogens is 280 g/mol. The van der Waals surface area contributed by atoms with E-state index < -0.39 is 16.0 Å². The Bertz CT molecular complexity index is 697. The van der Waals surface area contributed by atoms with E-state index in [2.05, 4.69) is 9.27 Å². The van der Waals surface area contributed by atoms with Crippen molar-refractivity contribution < 1.29 is 17.5 Å². The van der Waals surface area contributed by atoms with Crippen LogP contribution in [0.1, 0.15) is 16.1 Å². The number of pyridine rings is 1. The van der Waals surface area contributed by atoms with Crippen LogP contribution in [0.4, 0.5) is 0 Å². The second-order valence-electron chi connectivity index (χ2n) is 4.00. The van der Waals surface area contributed by atoms with Gasteiger partial charge in [0.2, 0.25) is 0 Å². The molecule has 1 N–H and O–H groups in total. The quantitative estimate of drug-likeness (QED) is 0.862. The fraction of sp³-hybridized carbons (Fsp3) is 0.0769. The van der Waals surface area contributed by atoms with E-state index in [-0.39, 0.29) is 10.6 Å². The van der Waals surface area contributed by atoms with Crippen LogP contribution in [0.15, 0.2) is 53.6 Å². The molecule has 2 aromatic rings. The zero-order valence-electron chi connectivity index (χ0n) is 10.6. The van der Waals surface area contributed by atoms with Crippen molar-refractivity contribution in [2.24, 2.45) is 0 Å². The molecule has 0 saturated heterocycles. The molecule has 104 valence electrons. The zero-order valence-corrected chi connectivity index (χ0v) is 11.4. The highest BCUT2D eigenvalue weighted by molar-refractivity contribution is 7.86. The van der Waals surface area contributed by atoms with Crippen LogP contribution in [0, 0.1) is 6.92 Å². The van der Waals surface area contributed by atoms with Crippen molar-refractivity contribution in [3.63, 3.8) is 0 Å². The summed E-state index contributed by atoms with van der Waals surface area (Å²) in [5.74, 6) is -0.735. The number of benzene rings is 1. The van der Waals surface area contributed by atoms with Gasteiger partial charge in [0.05, 0.1) is 4.90 Å². The van der Waals surface area contributed by atoms with E-state index >= 15 is 0 Å². The average molecular weight is 292 g/mol. The van der Waals surface area contributed by atoms with Crippen molar-refractivity contribution in [3.05, 3.63) is 59.9 Å². The smallest absolute Gasteiger partial charge is 0.265 e. The van der Waals surface area contributed by atoms with Crippen LogP contribution < -0.4 is 5.48 Å². The monoisotopic (exact) mass is 292 g/mol. The summed E-state index contributed by atoms with van der Waals surface area (Å²) in [5.41, 5.74) is 2.84. The Hall–Kier alpha value is -2.25. The van der Waals surface area contributed by atoms with E-state index in [1.807, 2.05) is 12.4 Å². The molecule has 2 rings (SSSR count). The number of hydroxylamine groups is 1. The molecule has 0 unspecified atom stereocenters. The number of amides is 1. The van der Waals surface area contributed by atoms with Crippen molar-refractivity contribution >= 4 is 16.0 Å². The molecule has 0 aliphatic carbocycles. The molecule has 1 amide bonds. The van der Waals surface area contributed by atoms with Gasteiger partial charge in [0.15, 0.2) is 0 Å². The fourth-order valence-corrected chi connectivity index (χ4v) is 2.15. The lowest BCUT2D eigenvalue weighted by Gasteiger charge is -2.06. The van der Waals surface area contributed by atoms with E-state index in [1.54, 1.807) is 24.3 Å². The number of carbonyl (C=O) groups excluding carboxylic acids is 1. The van der Waals surface area contributed by atoms with Crippen molar-refractivity contribution in [2.45, 2.75) is 11.8 Å². The summed E-state index contributed by atoms with van der Waals surface area (Å²) in [7, 11) is -4.04. The number of carbonyl (C=O) groups is 1. The minimum absolute atomic E-state index is 0.0376. The number of aryl methyl sites for hydroxylation is 1. The van der Waals surface area contributed by atoms with Gasteiger partial charge < -0.3 is 0 Å². The molecule has 20 heavy (non-hydrogen) atoms. The maximum absolute atomic E-state index is 11.8. The first kappa shape index (κ1) is 14.2. The van der Waals surface area contributed by atoms with Gasteiger partial charge in [-0.2, -0.15) is 8.42 Å². The lowest BCUT2D eigenvalue weighted by Crippen LogP contribution is -2.27. The van der Waals surface area contributed by atoms with Gasteiger partial charge in [0.1, 0.15) is 5.69 Å². The molecule has 0 bridgehead atoms. The number of nitrogens with zero attached hydrogens (tertiary/aromatic N) is 1. The highest BCUT2D eigenvalue weighted by atomic mass is 32.2. The molecule has 7 heteroatoms. The highest BCUT2D eigenvalue weighted by Crippen LogP contribution is 2.12. The van der Waals surface area contributed by atoms with Crippen LogP contribution in [0.3, 0.4) is 0 Å². The third-order valence-electron chi connectivity index (χ3n) is 2.45. The lowest BCUT2D eigenvalue weighted by molar-refractivity contribution is 0.0765. The summed E-state index contributed by atoms with van der Waals surface area (Å²) in [6.07, 6.45) is 1.42. The molecule has 1 heterocycles. The molecule has 0 fully saturated rings. The summed E-state index contributed by atoms with van der Waals surface area (Å²) in [5, 5.41) is 0. The fourth-order valence-electron chi connectivity index (χ4n) is 1.40. The van der Waals surface area contributed by atoms with Crippen LogP contribution in [-0.4, -0.2) is 19.3 Å². The standard InChI is InChI=1S/C13H12N2O4S/c1-10-5-7-11(8-6-10)20(17,18)19-15-13(16)12-4-2-3-9-14-12/h2-9H,1H3,(H,15,16). The van der Waals surface area contributed by atoms with E-state index in [1.165, 1.54) is 24.4 Å². The first-order valence-corrected chi connectivity index (χ1v) is 7.11. The number of rotatable bonds is 4. The third kappa shape index (κ3) is 3.40. The molecule has 0 aliphatic heterocycles. The predicted molar refractivity (Wildman–Crippen MR) is 71.2 cm³/mol. The van der Waals surface area contributed by atoms with E-state index in [9.17, 15) is 13.2 Å². The largest absolute Gasteiger partial charge is 0.317 e. The third-order valence-corrected chi connectivity index (χ3v) is 3.60. The Morgan fingerprint density at radius 1 is 1.15 bits per heavy atom. The molecular formula is C13H12N2O4S. The number of nitrogens with one attached hydrogen (secondary N) is 1. The maximum atomic E-state index is 11.8. The average Bonchev–Trinajstić information content (AvgIpc) is 2.46. The molecule has 6 nitrogen and oxygen atoms in total. The van der Waals surface area contributed by atoms with Gasteiger partial charge in [-0.3, -0.25) is 9.78 Å². The summed E-state index contributed by atoms with van der Waals surface area (Å²) in [6, 6.07) is 10.8. The van der Waals surface area contributed by atoms with E-state index in [0.29, 0.717) is 0 Å². The van der Waals surface area contributed by atoms with Crippen LogP contribution in [0.2, 0.25) is 0 Å². The minimum atomic E-state index is -4.04. The number of hydrogen-bond donors (Lipinski definition) is 1. The van der Waals surface area contributed by atoms with Crippen LogP contribution in [-0.2, 0) is 14.4 Å². The summed E-state index contributed by atoms with van der Waals surface area (Å²) in [4.78, 5) is 15.4. The molecule has 0 saturated carbocycles. The van der Waals surface area contributed by atoms with Gasteiger partial charge in [0.25, 0.3) is 5.91 Å². The van der Waals surface area contributed by atoms with Crippen molar-refractivity contribution in [1.29, 1.82) is 0 Å². The highest BCUT2D eigenvalue weighted by Gasteiger charge is 2.17. The van der Waals surface area contributed by atoms with Crippen molar-refractivity contribution in [1.82, 2.24) is 10.5 Å².